The van der Waals surface area contributed by atoms with Crippen LogP contribution in [0.25, 0.3) is 0 Å². The van der Waals surface area contributed by atoms with E-state index in [-0.39, 0.29) is 24.3 Å². The molecule has 204 valence electrons. The van der Waals surface area contributed by atoms with Crippen LogP contribution in [0.15, 0.2) is 52.4 Å². The maximum Gasteiger partial charge on any atom is 0.317 e. The van der Waals surface area contributed by atoms with Crippen LogP contribution in [-0.2, 0) is 16.0 Å². The molecule has 1 fully saturated rings. The number of aliphatic imine (C=N–C) groups is 1. The summed E-state index contributed by atoms with van der Waals surface area (Å²) < 4.78 is 8.23. The number of anilines is 1. The zero-order valence-electron chi connectivity index (χ0n) is 22.4. The molecule has 10 heteroatoms. The molecule has 0 aliphatic carbocycles. The molecule has 38 heavy (non-hydrogen) atoms. The van der Waals surface area contributed by atoms with Gasteiger partial charge in [0.1, 0.15) is 0 Å². The summed E-state index contributed by atoms with van der Waals surface area (Å²) in [7, 11) is 0. The van der Waals surface area contributed by atoms with Gasteiger partial charge in [0.05, 0.1) is 17.2 Å². The zero-order chi connectivity index (χ0) is 27.3. The highest BCUT2D eigenvalue weighted by molar-refractivity contribution is 8.00. The number of rotatable bonds is 11. The monoisotopic (exact) mass is 539 g/mol. The average Bonchev–Trinajstić information content (AvgIpc) is 2.95. The highest BCUT2D eigenvalue weighted by Crippen LogP contribution is 2.33. The van der Waals surface area contributed by atoms with Crippen LogP contribution in [0.3, 0.4) is 0 Å². The normalized spacial score (nSPS) is 13.4. The largest absolute Gasteiger partial charge is 0.466 e. The number of carbonyl (C=O) groups excluding carboxylic acids is 3. The van der Waals surface area contributed by atoms with E-state index in [0.29, 0.717) is 51.3 Å². The molecule has 0 radical (unpaired) electrons. The van der Waals surface area contributed by atoms with Crippen molar-refractivity contribution in [3.05, 3.63) is 53.6 Å². The van der Waals surface area contributed by atoms with Gasteiger partial charge in [0.15, 0.2) is 0 Å². The van der Waals surface area contributed by atoms with E-state index in [1.165, 1.54) is 17.5 Å². The number of para-hydroxylation sites is 1. The predicted octanol–water partition coefficient (Wildman–Crippen LogP) is 4.90. The summed E-state index contributed by atoms with van der Waals surface area (Å²) in [4.78, 5) is 45.8. The van der Waals surface area contributed by atoms with Crippen molar-refractivity contribution in [2.75, 3.05) is 44.1 Å². The first kappa shape index (κ1) is 29.0. The van der Waals surface area contributed by atoms with E-state index in [4.69, 9.17) is 4.74 Å². The molecule has 3 rings (SSSR count). The Kier molecular flexibility index (Phi) is 11.5. The lowest BCUT2D eigenvalue weighted by molar-refractivity contribution is -0.143. The zero-order valence-corrected chi connectivity index (χ0v) is 23.2. The van der Waals surface area contributed by atoms with Crippen LogP contribution in [0.2, 0.25) is 0 Å². The number of nitrogens with one attached hydrogen (secondary N) is 2. The van der Waals surface area contributed by atoms with Crippen LogP contribution in [0.4, 0.5) is 16.2 Å². The minimum atomic E-state index is -0.256. The van der Waals surface area contributed by atoms with Gasteiger partial charge in [0.25, 0.3) is 5.91 Å². The van der Waals surface area contributed by atoms with Crippen molar-refractivity contribution in [2.24, 2.45) is 4.99 Å². The summed E-state index contributed by atoms with van der Waals surface area (Å²) in [5.74, 6) is -0.303. The molecule has 0 aromatic heterocycles. The number of aryl methyl sites for hydroxylation is 1. The fourth-order valence-electron chi connectivity index (χ4n) is 4.07. The number of urea groups is 1. The van der Waals surface area contributed by atoms with Crippen LogP contribution >= 0.6 is 11.9 Å². The number of carbonyl (C=O) groups is 3. The molecule has 0 atom stereocenters. The third-order valence-corrected chi connectivity index (χ3v) is 7.01. The van der Waals surface area contributed by atoms with E-state index >= 15 is 0 Å². The summed E-state index contributed by atoms with van der Waals surface area (Å²) in [6.45, 7) is 8.44. The second-order valence-electron chi connectivity index (χ2n) is 8.71. The van der Waals surface area contributed by atoms with Gasteiger partial charge in [0, 0.05) is 56.6 Å². The van der Waals surface area contributed by atoms with Crippen LogP contribution in [0.1, 0.15) is 49.5 Å². The third-order valence-electron chi connectivity index (χ3n) is 6.13. The van der Waals surface area contributed by atoms with Crippen molar-refractivity contribution in [3.8, 4) is 0 Å². The Morgan fingerprint density at radius 2 is 1.74 bits per heavy atom. The molecule has 1 aliphatic rings. The number of amides is 3. The topological polar surface area (TPSA) is 103 Å². The lowest BCUT2D eigenvalue weighted by atomic mass is 10.1. The predicted molar refractivity (Wildman–Crippen MR) is 152 cm³/mol. The smallest absolute Gasteiger partial charge is 0.317 e. The van der Waals surface area contributed by atoms with Crippen molar-refractivity contribution in [1.29, 1.82) is 0 Å². The van der Waals surface area contributed by atoms with E-state index in [1.807, 2.05) is 43.3 Å². The second-order valence-corrected chi connectivity index (χ2v) is 9.55. The molecular formula is C28H37N5O4S. The van der Waals surface area contributed by atoms with Crippen molar-refractivity contribution >= 4 is 47.4 Å². The van der Waals surface area contributed by atoms with Gasteiger partial charge >= 0.3 is 12.0 Å². The number of hydrogen-bond donors (Lipinski definition) is 2. The lowest BCUT2D eigenvalue weighted by Crippen LogP contribution is -2.53. The molecular weight excluding hydrogens is 502 g/mol. The second kappa shape index (κ2) is 15.0. The number of esters is 1. The molecule has 0 unspecified atom stereocenters. The Morgan fingerprint density at radius 3 is 2.39 bits per heavy atom. The van der Waals surface area contributed by atoms with Crippen molar-refractivity contribution in [3.63, 3.8) is 0 Å². The molecule has 0 spiro atoms. The molecule has 2 aromatic rings. The molecule has 9 nitrogen and oxygen atoms in total. The van der Waals surface area contributed by atoms with Gasteiger partial charge in [-0.1, -0.05) is 19.1 Å². The van der Waals surface area contributed by atoms with Crippen molar-refractivity contribution < 1.29 is 19.1 Å². The first-order valence-corrected chi connectivity index (χ1v) is 13.9. The molecule has 0 bridgehead atoms. The van der Waals surface area contributed by atoms with Gasteiger partial charge in [-0.2, -0.15) is 0 Å². The SMILES string of the molecule is CC=Nc1c(CC)cccc1SNc1ccc(C(=O)N2CCN(C(=O)NCCCC(=O)OCC)CC2)cc1. The lowest BCUT2D eigenvalue weighted by Gasteiger charge is -2.34. The van der Waals surface area contributed by atoms with Crippen LogP contribution in [-0.4, -0.2) is 73.3 Å². The number of nitrogens with zero attached hydrogens (tertiary/aromatic N) is 3. The molecule has 2 aromatic carbocycles. The molecule has 1 heterocycles. The van der Waals surface area contributed by atoms with Crippen LogP contribution in [0, 0.1) is 0 Å². The molecule has 2 N–H and O–H groups in total. The Labute approximate surface area is 229 Å². The Hall–Kier alpha value is -3.53. The van der Waals surface area contributed by atoms with Gasteiger partial charge in [-0.25, -0.2) is 4.79 Å². The summed E-state index contributed by atoms with van der Waals surface area (Å²) in [5, 5.41) is 2.83. The summed E-state index contributed by atoms with van der Waals surface area (Å²) in [5.41, 5.74) is 3.68. The van der Waals surface area contributed by atoms with Gasteiger partial charge < -0.3 is 24.6 Å². The number of benzene rings is 2. The Balaban J connectivity index is 1.45. The fourth-order valence-corrected chi connectivity index (χ4v) is 4.86. The van der Waals surface area contributed by atoms with Crippen molar-refractivity contribution in [2.45, 2.75) is 44.9 Å². The van der Waals surface area contributed by atoms with E-state index < -0.39 is 0 Å². The Morgan fingerprint density at radius 1 is 1.03 bits per heavy atom. The van der Waals surface area contributed by atoms with E-state index in [2.05, 4.69) is 28.0 Å². The van der Waals surface area contributed by atoms with Crippen molar-refractivity contribution in [1.82, 2.24) is 15.1 Å². The summed E-state index contributed by atoms with van der Waals surface area (Å²) in [6.07, 6.45) is 3.53. The first-order valence-electron chi connectivity index (χ1n) is 13.1. The van der Waals surface area contributed by atoms with Gasteiger partial charge in [0.2, 0.25) is 0 Å². The van der Waals surface area contributed by atoms with Gasteiger partial charge in [-0.3, -0.25) is 14.6 Å². The van der Waals surface area contributed by atoms with E-state index in [1.54, 1.807) is 22.9 Å². The maximum atomic E-state index is 13.0. The molecule has 0 saturated carbocycles. The van der Waals surface area contributed by atoms with E-state index in [0.717, 1.165) is 22.7 Å². The molecule has 3 amide bonds. The van der Waals surface area contributed by atoms with Crippen LogP contribution in [0.5, 0.6) is 0 Å². The minimum Gasteiger partial charge on any atom is -0.466 e. The van der Waals surface area contributed by atoms with Gasteiger partial charge in [-0.15, -0.1) is 0 Å². The average molecular weight is 540 g/mol. The van der Waals surface area contributed by atoms with Gasteiger partial charge in [-0.05, 0) is 74.5 Å². The van der Waals surface area contributed by atoms with Crippen LogP contribution < -0.4 is 10.0 Å². The molecule has 1 aliphatic heterocycles. The number of piperazine rings is 1. The summed E-state index contributed by atoms with van der Waals surface area (Å²) in [6, 6.07) is 13.4. The third kappa shape index (κ3) is 8.24. The highest BCUT2D eigenvalue weighted by Gasteiger charge is 2.24. The molecule has 1 saturated heterocycles. The standard InChI is InChI=1S/C28H37N5O4S/c1-4-21-9-7-10-24(26(21)29-5-2)38-31-23-14-12-22(13-15-23)27(35)32-17-19-33(20-18-32)28(36)30-16-8-11-25(34)37-6-3/h5,7,9-10,12-15,31H,4,6,8,11,16-20H2,1-3H3,(H,30,36). The fraction of sp³-hybridized carbons (Fsp3) is 0.429. The first-order chi connectivity index (χ1) is 18.5. The Bertz CT molecular complexity index is 1110. The quantitative estimate of drug-likeness (QED) is 0.182. The maximum absolute atomic E-state index is 13.0. The highest BCUT2D eigenvalue weighted by atomic mass is 32.2. The summed E-state index contributed by atoms with van der Waals surface area (Å²) >= 11 is 1.50. The number of hydrogen-bond acceptors (Lipinski definition) is 7. The minimum absolute atomic E-state index is 0.0473. The number of ether oxygens (including phenoxy) is 1. The van der Waals surface area contributed by atoms with E-state index in [9.17, 15) is 14.4 Å².